The van der Waals surface area contributed by atoms with Crippen LogP contribution in [0, 0.1) is 5.92 Å². The number of carbonyl (C=O) groups excluding carboxylic acids is 1. The Kier molecular flexibility index (Phi) is 5.13. The average Bonchev–Trinajstić information content (AvgIpc) is 3.40. The lowest BCUT2D eigenvalue weighted by Gasteiger charge is -2.33. The molecule has 1 saturated heterocycles. The first-order valence-electron chi connectivity index (χ1n) is 8.48. The van der Waals surface area contributed by atoms with Crippen LogP contribution in [0.4, 0.5) is 5.82 Å². The molecule has 1 aliphatic heterocycles. The molecule has 0 spiro atoms. The number of nitrogens with zero attached hydrogens (tertiary/aromatic N) is 3. The Bertz CT molecular complexity index is 539. The van der Waals surface area contributed by atoms with Gasteiger partial charge in [0.15, 0.2) is 0 Å². The number of aromatic nitrogens is 1. The molecule has 6 nitrogen and oxygen atoms in total. The number of pyridine rings is 1. The number of likely N-dealkylation sites (N-methyl/N-ethyl adjacent to an activating group) is 1. The van der Waals surface area contributed by atoms with Crippen LogP contribution in [0.3, 0.4) is 0 Å². The van der Waals surface area contributed by atoms with Crippen molar-refractivity contribution in [3.63, 3.8) is 0 Å². The second kappa shape index (κ2) is 7.27. The van der Waals surface area contributed by atoms with E-state index in [-0.39, 0.29) is 18.6 Å². The Morgan fingerprint density at radius 3 is 2.78 bits per heavy atom. The van der Waals surface area contributed by atoms with Crippen molar-refractivity contribution in [1.82, 2.24) is 15.2 Å². The lowest BCUT2D eigenvalue weighted by Crippen LogP contribution is -2.45. The molecule has 2 aliphatic rings. The first-order valence-corrected chi connectivity index (χ1v) is 8.48. The molecule has 1 aliphatic carbocycles. The summed E-state index contributed by atoms with van der Waals surface area (Å²) in [6, 6.07) is 3.73. The zero-order valence-electron chi connectivity index (χ0n) is 13.7. The second-order valence-electron chi connectivity index (χ2n) is 6.62. The number of piperazine rings is 1. The Morgan fingerprint density at radius 1 is 1.39 bits per heavy atom. The van der Waals surface area contributed by atoms with Crippen LogP contribution in [0.25, 0.3) is 0 Å². The van der Waals surface area contributed by atoms with Gasteiger partial charge < -0.3 is 20.2 Å². The predicted octanol–water partition coefficient (Wildman–Crippen LogP) is 0.724. The van der Waals surface area contributed by atoms with Crippen LogP contribution in [-0.2, 0) is 0 Å². The standard InChI is InChI=1S/C17H26N4O2/c1-20-7-9-21(10-8-20)16-12-14(4-6-18-16)17(23)19-15(5-11-22)13-2-3-13/h4,6,12-13,15,22H,2-3,5,7-11H2,1H3,(H,19,23). The highest BCUT2D eigenvalue weighted by Crippen LogP contribution is 2.34. The van der Waals surface area contributed by atoms with Crippen molar-refractivity contribution in [1.29, 1.82) is 0 Å². The lowest BCUT2D eigenvalue weighted by atomic mass is 10.1. The number of rotatable bonds is 6. The molecule has 6 heteroatoms. The maximum atomic E-state index is 12.5. The summed E-state index contributed by atoms with van der Waals surface area (Å²) in [4.78, 5) is 21.4. The summed E-state index contributed by atoms with van der Waals surface area (Å²) in [6.07, 6.45) is 4.63. The van der Waals surface area contributed by atoms with Gasteiger partial charge in [0.2, 0.25) is 0 Å². The quantitative estimate of drug-likeness (QED) is 0.809. The van der Waals surface area contributed by atoms with Crippen LogP contribution in [-0.4, -0.2) is 66.8 Å². The smallest absolute Gasteiger partial charge is 0.251 e. The van der Waals surface area contributed by atoms with Crippen LogP contribution in [0.5, 0.6) is 0 Å². The minimum Gasteiger partial charge on any atom is -0.396 e. The molecule has 1 unspecified atom stereocenters. The van der Waals surface area contributed by atoms with E-state index in [1.807, 2.05) is 6.07 Å². The third-order valence-electron chi connectivity index (χ3n) is 4.78. The summed E-state index contributed by atoms with van der Waals surface area (Å²) < 4.78 is 0. The first kappa shape index (κ1) is 16.2. The summed E-state index contributed by atoms with van der Waals surface area (Å²) in [5.41, 5.74) is 0.650. The summed E-state index contributed by atoms with van der Waals surface area (Å²) >= 11 is 0. The van der Waals surface area contributed by atoms with Crippen molar-refractivity contribution in [2.45, 2.75) is 25.3 Å². The molecule has 2 heterocycles. The fourth-order valence-corrected chi connectivity index (χ4v) is 3.08. The van der Waals surface area contributed by atoms with Gasteiger partial charge in [0.05, 0.1) is 0 Å². The van der Waals surface area contributed by atoms with E-state index in [4.69, 9.17) is 5.11 Å². The monoisotopic (exact) mass is 318 g/mol. The van der Waals surface area contributed by atoms with Crippen LogP contribution in [0.1, 0.15) is 29.6 Å². The third-order valence-corrected chi connectivity index (χ3v) is 4.78. The number of aliphatic hydroxyl groups is 1. The van der Waals surface area contributed by atoms with Gasteiger partial charge in [-0.2, -0.15) is 0 Å². The zero-order valence-corrected chi connectivity index (χ0v) is 13.7. The molecule has 1 amide bonds. The molecule has 2 N–H and O–H groups in total. The Balaban J connectivity index is 1.65. The highest BCUT2D eigenvalue weighted by atomic mass is 16.3. The molecule has 1 atom stereocenters. The molecule has 0 bridgehead atoms. The maximum Gasteiger partial charge on any atom is 0.251 e. The van der Waals surface area contributed by atoms with Gasteiger partial charge in [0.1, 0.15) is 5.82 Å². The van der Waals surface area contributed by atoms with E-state index >= 15 is 0 Å². The van der Waals surface area contributed by atoms with Crippen molar-refractivity contribution < 1.29 is 9.90 Å². The largest absolute Gasteiger partial charge is 0.396 e. The molecule has 1 aromatic rings. The van der Waals surface area contributed by atoms with Gasteiger partial charge in [-0.3, -0.25) is 4.79 Å². The summed E-state index contributed by atoms with van der Waals surface area (Å²) in [6.45, 7) is 4.01. The number of amides is 1. The van der Waals surface area contributed by atoms with E-state index in [1.54, 1.807) is 12.3 Å². The van der Waals surface area contributed by atoms with Crippen LogP contribution in [0.15, 0.2) is 18.3 Å². The van der Waals surface area contributed by atoms with Crippen LogP contribution in [0.2, 0.25) is 0 Å². The molecule has 23 heavy (non-hydrogen) atoms. The molecule has 126 valence electrons. The fraction of sp³-hybridized carbons (Fsp3) is 0.647. The minimum atomic E-state index is -0.0619. The van der Waals surface area contributed by atoms with E-state index < -0.39 is 0 Å². The normalized spacial score (nSPS) is 20.3. The van der Waals surface area contributed by atoms with E-state index in [2.05, 4.69) is 27.1 Å². The third kappa shape index (κ3) is 4.20. The summed E-state index contributed by atoms with van der Waals surface area (Å²) in [5.74, 6) is 1.34. The van der Waals surface area contributed by atoms with Gasteiger partial charge in [-0.05, 0) is 44.4 Å². The molecule has 3 rings (SSSR count). The summed E-state index contributed by atoms with van der Waals surface area (Å²) in [5, 5.41) is 12.2. The van der Waals surface area contributed by atoms with E-state index in [0.29, 0.717) is 17.9 Å². The Morgan fingerprint density at radius 2 is 2.13 bits per heavy atom. The molecule has 1 saturated carbocycles. The molecular formula is C17H26N4O2. The van der Waals surface area contributed by atoms with Crippen molar-refractivity contribution in [2.24, 2.45) is 5.92 Å². The van der Waals surface area contributed by atoms with Crippen molar-refractivity contribution in [3.05, 3.63) is 23.9 Å². The highest BCUT2D eigenvalue weighted by molar-refractivity contribution is 5.95. The van der Waals surface area contributed by atoms with Crippen molar-refractivity contribution in [2.75, 3.05) is 44.7 Å². The number of hydrogen-bond acceptors (Lipinski definition) is 5. The van der Waals surface area contributed by atoms with Gasteiger partial charge in [-0.1, -0.05) is 0 Å². The van der Waals surface area contributed by atoms with Crippen LogP contribution < -0.4 is 10.2 Å². The van der Waals surface area contributed by atoms with E-state index in [1.165, 1.54) is 0 Å². The number of carbonyl (C=O) groups is 1. The molecular weight excluding hydrogens is 292 g/mol. The average molecular weight is 318 g/mol. The van der Waals surface area contributed by atoms with Gasteiger partial charge in [-0.25, -0.2) is 4.98 Å². The maximum absolute atomic E-state index is 12.5. The Labute approximate surface area is 137 Å². The number of anilines is 1. The van der Waals surface area contributed by atoms with Gasteiger partial charge in [0.25, 0.3) is 5.91 Å². The minimum absolute atomic E-state index is 0.0619. The van der Waals surface area contributed by atoms with E-state index in [0.717, 1.165) is 44.8 Å². The predicted molar refractivity (Wildman–Crippen MR) is 89.6 cm³/mol. The topological polar surface area (TPSA) is 68.7 Å². The molecule has 1 aromatic heterocycles. The lowest BCUT2D eigenvalue weighted by molar-refractivity contribution is 0.0924. The Hall–Kier alpha value is -1.66. The zero-order chi connectivity index (χ0) is 16.2. The van der Waals surface area contributed by atoms with Gasteiger partial charge in [-0.15, -0.1) is 0 Å². The SMILES string of the molecule is CN1CCN(c2cc(C(=O)NC(CCO)C3CC3)ccn2)CC1. The van der Waals surface area contributed by atoms with Gasteiger partial charge in [0, 0.05) is 50.6 Å². The number of nitrogens with one attached hydrogen (secondary N) is 1. The molecule has 2 fully saturated rings. The number of hydrogen-bond donors (Lipinski definition) is 2. The number of aliphatic hydroxyl groups excluding tert-OH is 1. The van der Waals surface area contributed by atoms with Gasteiger partial charge >= 0.3 is 0 Å². The highest BCUT2D eigenvalue weighted by Gasteiger charge is 2.32. The van der Waals surface area contributed by atoms with Crippen LogP contribution >= 0.6 is 0 Å². The van der Waals surface area contributed by atoms with Crippen molar-refractivity contribution >= 4 is 11.7 Å². The summed E-state index contributed by atoms with van der Waals surface area (Å²) in [7, 11) is 2.12. The van der Waals surface area contributed by atoms with E-state index in [9.17, 15) is 4.79 Å². The van der Waals surface area contributed by atoms with Crippen molar-refractivity contribution in [3.8, 4) is 0 Å². The molecule has 0 aromatic carbocycles. The molecule has 0 radical (unpaired) electrons. The fourth-order valence-electron chi connectivity index (χ4n) is 3.08. The second-order valence-corrected chi connectivity index (χ2v) is 6.62. The first-order chi connectivity index (χ1) is 11.2.